The Morgan fingerprint density at radius 1 is 1.42 bits per heavy atom. The van der Waals surface area contributed by atoms with Crippen LogP contribution in [0.5, 0.6) is 0 Å². The van der Waals surface area contributed by atoms with Gasteiger partial charge in [-0.05, 0) is 11.6 Å². The highest BCUT2D eigenvalue weighted by atomic mass is 79.9. The summed E-state index contributed by atoms with van der Waals surface area (Å²) in [6.45, 7) is 1.16. The van der Waals surface area contributed by atoms with Crippen molar-refractivity contribution in [2.45, 2.75) is 13.1 Å². The minimum Gasteiger partial charge on any atom is -0.337 e. The molecule has 0 aliphatic heterocycles. The predicted molar refractivity (Wildman–Crippen MR) is 74.5 cm³/mol. The molecule has 0 unspecified atom stereocenters. The van der Waals surface area contributed by atoms with Crippen molar-refractivity contribution in [2.24, 2.45) is 7.05 Å². The number of aromatic nitrogens is 2. The first-order valence-electron chi connectivity index (χ1n) is 5.67. The van der Waals surface area contributed by atoms with Gasteiger partial charge in [0.15, 0.2) is 0 Å². The maximum Gasteiger partial charge on any atom is 0.270 e. The van der Waals surface area contributed by atoms with Crippen molar-refractivity contribution >= 4 is 21.6 Å². The maximum atomic E-state index is 10.8. The predicted octanol–water partition coefficient (Wildman–Crippen LogP) is 2.38. The van der Waals surface area contributed by atoms with E-state index in [1.54, 1.807) is 12.3 Å². The van der Waals surface area contributed by atoms with Gasteiger partial charge >= 0.3 is 0 Å². The molecule has 0 saturated heterocycles. The number of rotatable bonds is 5. The average Bonchev–Trinajstić information content (AvgIpc) is 2.74. The van der Waals surface area contributed by atoms with Crippen LogP contribution in [0.25, 0.3) is 0 Å². The van der Waals surface area contributed by atoms with Crippen molar-refractivity contribution in [1.82, 2.24) is 14.9 Å². The molecule has 0 aliphatic rings. The molecular formula is C12H13BrN4O2. The Bertz CT molecular complexity index is 597. The zero-order valence-corrected chi connectivity index (χ0v) is 11.9. The first-order valence-corrected chi connectivity index (χ1v) is 6.46. The van der Waals surface area contributed by atoms with Gasteiger partial charge in [0.2, 0.25) is 0 Å². The first-order chi connectivity index (χ1) is 9.06. The molecule has 0 radical (unpaired) electrons. The zero-order valence-electron chi connectivity index (χ0n) is 10.3. The number of halogens is 1. The number of nitrogens with zero attached hydrogens (tertiary/aromatic N) is 3. The van der Waals surface area contributed by atoms with Gasteiger partial charge in [0.25, 0.3) is 5.69 Å². The van der Waals surface area contributed by atoms with Crippen molar-refractivity contribution in [3.8, 4) is 0 Å². The number of non-ortho nitro benzene ring substituents is 1. The summed E-state index contributed by atoms with van der Waals surface area (Å²) < 4.78 is 2.63. The Kier molecular flexibility index (Phi) is 4.28. The smallest absolute Gasteiger partial charge is 0.270 e. The normalized spacial score (nSPS) is 10.6. The third-order valence-electron chi connectivity index (χ3n) is 2.69. The second-order valence-electron chi connectivity index (χ2n) is 4.13. The Labute approximate surface area is 118 Å². The summed E-state index contributed by atoms with van der Waals surface area (Å²) in [6.07, 6.45) is 3.61. The van der Waals surface area contributed by atoms with Crippen molar-refractivity contribution < 1.29 is 4.92 Å². The summed E-state index contributed by atoms with van der Waals surface area (Å²) in [4.78, 5) is 14.6. The molecule has 1 aromatic carbocycles. The van der Waals surface area contributed by atoms with E-state index in [1.807, 2.05) is 23.9 Å². The summed E-state index contributed by atoms with van der Waals surface area (Å²) >= 11 is 3.27. The third kappa shape index (κ3) is 3.62. The summed E-state index contributed by atoms with van der Waals surface area (Å²) in [5, 5.41) is 14.0. The van der Waals surface area contributed by atoms with Crippen LogP contribution in [0.15, 0.2) is 35.1 Å². The quantitative estimate of drug-likeness (QED) is 0.677. The van der Waals surface area contributed by atoms with Crippen LogP contribution >= 0.6 is 15.9 Å². The van der Waals surface area contributed by atoms with E-state index in [0.717, 1.165) is 11.4 Å². The Balaban J connectivity index is 2.00. The van der Waals surface area contributed by atoms with Crippen LogP contribution in [0.4, 0.5) is 5.69 Å². The minimum atomic E-state index is -0.396. The summed E-state index contributed by atoms with van der Waals surface area (Å²) in [6, 6.07) is 4.91. The van der Waals surface area contributed by atoms with Gasteiger partial charge in [0, 0.05) is 42.6 Å². The lowest BCUT2D eigenvalue weighted by Crippen LogP contribution is -2.15. The molecule has 0 fully saturated rings. The van der Waals surface area contributed by atoms with Crippen LogP contribution in [0.1, 0.15) is 11.4 Å². The second-order valence-corrected chi connectivity index (χ2v) is 5.05. The van der Waals surface area contributed by atoms with E-state index >= 15 is 0 Å². The number of nitro groups is 1. The molecular weight excluding hydrogens is 312 g/mol. The topological polar surface area (TPSA) is 73.0 Å². The fraction of sp³-hybridized carbons (Fsp3) is 0.250. The fourth-order valence-corrected chi connectivity index (χ4v) is 2.25. The van der Waals surface area contributed by atoms with Gasteiger partial charge in [-0.2, -0.15) is 0 Å². The molecule has 0 bridgehead atoms. The fourth-order valence-electron chi connectivity index (χ4n) is 1.73. The minimum absolute atomic E-state index is 0.0863. The molecule has 1 aromatic heterocycles. The number of benzene rings is 1. The van der Waals surface area contributed by atoms with E-state index in [4.69, 9.17) is 0 Å². The largest absolute Gasteiger partial charge is 0.337 e. The summed E-state index contributed by atoms with van der Waals surface area (Å²) in [7, 11) is 1.92. The van der Waals surface area contributed by atoms with E-state index in [0.29, 0.717) is 17.6 Å². The van der Waals surface area contributed by atoms with E-state index in [1.165, 1.54) is 6.07 Å². The number of hydrogen-bond donors (Lipinski definition) is 1. The molecule has 1 N–H and O–H groups in total. The van der Waals surface area contributed by atoms with Gasteiger partial charge in [0.05, 0.1) is 11.5 Å². The lowest BCUT2D eigenvalue weighted by atomic mass is 10.2. The summed E-state index contributed by atoms with van der Waals surface area (Å²) in [5.74, 6) is 0.921. The molecule has 0 atom stereocenters. The first kappa shape index (κ1) is 13.7. The van der Waals surface area contributed by atoms with Gasteiger partial charge in [0.1, 0.15) is 5.82 Å². The molecule has 0 spiro atoms. The van der Waals surface area contributed by atoms with Gasteiger partial charge in [-0.25, -0.2) is 4.98 Å². The molecule has 100 valence electrons. The van der Waals surface area contributed by atoms with Gasteiger partial charge in [-0.1, -0.05) is 15.9 Å². The van der Waals surface area contributed by atoms with Crippen LogP contribution in [0.2, 0.25) is 0 Å². The molecule has 0 aliphatic carbocycles. The van der Waals surface area contributed by atoms with Gasteiger partial charge < -0.3 is 9.88 Å². The van der Waals surface area contributed by atoms with Crippen LogP contribution < -0.4 is 5.32 Å². The van der Waals surface area contributed by atoms with E-state index in [9.17, 15) is 10.1 Å². The Morgan fingerprint density at radius 3 is 2.84 bits per heavy atom. The highest BCUT2D eigenvalue weighted by Gasteiger charge is 2.08. The summed E-state index contributed by atoms with van der Waals surface area (Å²) in [5.41, 5.74) is 0.943. The van der Waals surface area contributed by atoms with Crippen LogP contribution in [0.3, 0.4) is 0 Å². The molecule has 0 amide bonds. The van der Waals surface area contributed by atoms with Gasteiger partial charge in [-0.3, -0.25) is 10.1 Å². The lowest BCUT2D eigenvalue weighted by Gasteiger charge is -2.06. The molecule has 2 aromatic rings. The number of nitro benzene ring substituents is 1. The van der Waals surface area contributed by atoms with E-state index in [2.05, 4.69) is 26.2 Å². The molecule has 19 heavy (non-hydrogen) atoms. The molecule has 7 heteroatoms. The van der Waals surface area contributed by atoms with Crippen molar-refractivity contribution in [3.63, 3.8) is 0 Å². The van der Waals surface area contributed by atoms with E-state index in [-0.39, 0.29) is 5.69 Å². The lowest BCUT2D eigenvalue weighted by molar-refractivity contribution is -0.385. The number of imidazole rings is 1. The standard InChI is InChI=1S/C12H13BrN4O2/c1-16-3-2-15-12(16)8-14-7-9-4-10(13)6-11(5-9)17(18)19/h2-6,14H,7-8H2,1H3. The molecule has 0 saturated carbocycles. The SMILES string of the molecule is Cn1ccnc1CNCc1cc(Br)cc([N+](=O)[O-])c1. The maximum absolute atomic E-state index is 10.8. The van der Waals surface area contributed by atoms with Crippen molar-refractivity contribution in [3.05, 3.63) is 56.6 Å². The third-order valence-corrected chi connectivity index (χ3v) is 3.14. The number of hydrogen-bond acceptors (Lipinski definition) is 4. The Hall–Kier alpha value is -1.73. The average molecular weight is 325 g/mol. The second kappa shape index (κ2) is 5.94. The van der Waals surface area contributed by atoms with Crippen LogP contribution in [-0.2, 0) is 20.1 Å². The van der Waals surface area contributed by atoms with Crippen LogP contribution in [-0.4, -0.2) is 14.5 Å². The molecule has 6 nitrogen and oxygen atoms in total. The van der Waals surface area contributed by atoms with Crippen molar-refractivity contribution in [1.29, 1.82) is 0 Å². The molecule has 2 rings (SSSR count). The van der Waals surface area contributed by atoms with Crippen LogP contribution in [0, 0.1) is 10.1 Å². The monoisotopic (exact) mass is 324 g/mol. The zero-order chi connectivity index (χ0) is 13.8. The number of aryl methyl sites for hydroxylation is 1. The van der Waals surface area contributed by atoms with E-state index < -0.39 is 4.92 Å². The highest BCUT2D eigenvalue weighted by molar-refractivity contribution is 9.10. The van der Waals surface area contributed by atoms with Crippen molar-refractivity contribution in [2.75, 3.05) is 0 Å². The Morgan fingerprint density at radius 2 is 2.21 bits per heavy atom. The highest BCUT2D eigenvalue weighted by Crippen LogP contribution is 2.21. The molecule has 1 heterocycles. The number of nitrogens with one attached hydrogen (secondary N) is 1. The van der Waals surface area contributed by atoms with Gasteiger partial charge in [-0.15, -0.1) is 0 Å².